The summed E-state index contributed by atoms with van der Waals surface area (Å²) in [4.78, 5) is 14.0. The summed E-state index contributed by atoms with van der Waals surface area (Å²) in [6, 6.07) is 16.1. The number of hydrogen-bond donors (Lipinski definition) is 1. The number of aromatic nitrogens is 1. The number of nitrogens with zero attached hydrogens (tertiary/aromatic N) is 2. The van der Waals surface area contributed by atoms with Gasteiger partial charge in [-0.25, -0.2) is 0 Å². The normalized spacial score (nSPS) is 11.7. The van der Waals surface area contributed by atoms with E-state index in [1.54, 1.807) is 38.4 Å². The second-order valence-electron chi connectivity index (χ2n) is 6.26. The number of carbonyl (C=O) groups is 1. The van der Waals surface area contributed by atoms with Crippen LogP contribution < -0.4 is 9.47 Å². The Morgan fingerprint density at radius 2 is 1.82 bits per heavy atom. The van der Waals surface area contributed by atoms with Gasteiger partial charge < -0.3 is 24.0 Å². The summed E-state index contributed by atoms with van der Waals surface area (Å²) in [6.45, 7) is 0.0852. The molecule has 0 aliphatic carbocycles. The Hall–Kier alpha value is -3.32. The molecule has 7 heteroatoms. The fraction of sp³-hybridized carbons (Fsp3) is 0.238. The SMILES string of the molecule is COc1ccc(C(O)CN(C)C(=O)c2cc(-c3ccccc3)on2)cc1OC. The van der Waals surface area contributed by atoms with Gasteiger partial charge in [-0.2, -0.15) is 0 Å². The topological polar surface area (TPSA) is 85.0 Å². The van der Waals surface area contributed by atoms with Gasteiger partial charge in [0, 0.05) is 18.7 Å². The van der Waals surface area contributed by atoms with Gasteiger partial charge in [0.2, 0.25) is 0 Å². The van der Waals surface area contributed by atoms with Crippen molar-refractivity contribution in [1.29, 1.82) is 0 Å². The minimum Gasteiger partial charge on any atom is -0.493 e. The van der Waals surface area contributed by atoms with Crippen molar-refractivity contribution in [2.24, 2.45) is 0 Å². The summed E-state index contributed by atoms with van der Waals surface area (Å²) >= 11 is 0. The number of benzene rings is 2. The first-order valence-electron chi connectivity index (χ1n) is 8.71. The maximum absolute atomic E-state index is 12.6. The summed E-state index contributed by atoms with van der Waals surface area (Å²) in [7, 11) is 4.67. The van der Waals surface area contributed by atoms with Crippen LogP contribution in [0.4, 0.5) is 0 Å². The van der Waals surface area contributed by atoms with Crippen LogP contribution >= 0.6 is 0 Å². The zero-order valence-corrected chi connectivity index (χ0v) is 16.0. The molecular weight excluding hydrogens is 360 g/mol. The van der Waals surface area contributed by atoms with E-state index in [0.717, 1.165) is 5.56 Å². The first kappa shape index (κ1) is 19.4. The Morgan fingerprint density at radius 1 is 1.11 bits per heavy atom. The number of aliphatic hydroxyl groups excluding tert-OH is 1. The Kier molecular flexibility index (Phi) is 5.96. The fourth-order valence-corrected chi connectivity index (χ4v) is 2.82. The van der Waals surface area contributed by atoms with Gasteiger partial charge >= 0.3 is 0 Å². The molecule has 28 heavy (non-hydrogen) atoms. The monoisotopic (exact) mass is 382 g/mol. The van der Waals surface area contributed by atoms with E-state index in [2.05, 4.69) is 5.16 Å². The van der Waals surface area contributed by atoms with Gasteiger partial charge in [0.05, 0.1) is 26.9 Å². The molecule has 146 valence electrons. The van der Waals surface area contributed by atoms with Crippen LogP contribution in [0.5, 0.6) is 11.5 Å². The van der Waals surface area contributed by atoms with Gasteiger partial charge in [-0.3, -0.25) is 4.79 Å². The zero-order valence-electron chi connectivity index (χ0n) is 16.0. The number of hydrogen-bond acceptors (Lipinski definition) is 6. The summed E-state index contributed by atoms with van der Waals surface area (Å²) in [6.07, 6.45) is -0.894. The Bertz CT molecular complexity index is 939. The lowest BCUT2D eigenvalue weighted by Gasteiger charge is -2.21. The predicted octanol–water partition coefficient (Wildman–Crippen LogP) is 3.16. The fourth-order valence-electron chi connectivity index (χ4n) is 2.82. The van der Waals surface area contributed by atoms with Crippen molar-refractivity contribution in [2.45, 2.75) is 6.10 Å². The molecule has 0 bridgehead atoms. The van der Waals surface area contributed by atoms with E-state index >= 15 is 0 Å². The summed E-state index contributed by atoms with van der Waals surface area (Å²) in [5.74, 6) is 1.25. The molecule has 1 amide bonds. The van der Waals surface area contributed by atoms with Crippen LogP contribution in [0.1, 0.15) is 22.2 Å². The molecule has 0 aliphatic rings. The number of methoxy groups -OCH3 is 2. The zero-order chi connectivity index (χ0) is 20.1. The molecule has 0 fully saturated rings. The van der Waals surface area contributed by atoms with Crippen molar-refractivity contribution in [2.75, 3.05) is 27.8 Å². The van der Waals surface area contributed by atoms with Crippen LogP contribution in [0, 0.1) is 0 Å². The summed E-state index contributed by atoms with van der Waals surface area (Å²) < 4.78 is 15.7. The van der Waals surface area contributed by atoms with E-state index in [-0.39, 0.29) is 18.1 Å². The molecule has 0 aliphatic heterocycles. The first-order valence-corrected chi connectivity index (χ1v) is 8.71. The number of rotatable bonds is 7. The van der Waals surface area contributed by atoms with Gasteiger partial charge in [-0.1, -0.05) is 41.6 Å². The Balaban J connectivity index is 1.70. The van der Waals surface area contributed by atoms with Crippen molar-refractivity contribution in [3.05, 3.63) is 65.9 Å². The molecule has 2 aromatic carbocycles. The Morgan fingerprint density at radius 3 is 2.50 bits per heavy atom. The quantitative estimate of drug-likeness (QED) is 0.676. The van der Waals surface area contributed by atoms with Gasteiger partial charge in [0.15, 0.2) is 23.0 Å². The van der Waals surface area contributed by atoms with E-state index in [4.69, 9.17) is 14.0 Å². The Labute approximate surface area is 163 Å². The highest BCUT2D eigenvalue weighted by Crippen LogP contribution is 2.30. The second-order valence-corrected chi connectivity index (χ2v) is 6.26. The molecule has 0 saturated heterocycles. The third-order valence-corrected chi connectivity index (χ3v) is 4.37. The molecule has 1 unspecified atom stereocenters. The van der Waals surface area contributed by atoms with Crippen LogP contribution in [0.25, 0.3) is 11.3 Å². The maximum Gasteiger partial charge on any atom is 0.275 e. The lowest BCUT2D eigenvalue weighted by molar-refractivity contribution is 0.0671. The van der Waals surface area contributed by atoms with Gasteiger partial charge in [0.1, 0.15) is 0 Å². The summed E-state index contributed by atoms with van der Waals surface area (Å²) in [5, 5.41) is 14.4. The lowest BCUT2D eigenvalue weighted by atomic mass is 10.1. The van der Waals surface area contributed by atoms with E-state index in [1.165, 1.54) is 12.0 Å². The number of ether oxygens (including phenoxy) is 2. The number of aliphatic hydroxyl groups is 1. The minimum atomic E-state index is -0.894. The molecular formula is C21H22N2O5. The molecule has 7 nitrogen and oxygen atoms in total. The lowest BCUT2D eigenvalue weighted by Crippen LogP contribution is -2.31. The van der Waals surface area contributed by atoms with Gasteiger partial charge in [-0.15, -0.1) is 0 Å². The van der Waals surface area contributed by atoms with E-state index in [9.17, 15) is 9.90 Å². The van der Waals surface area contributed by atoms with Crippen LogP contribution in [-0.2, 0) is 0 Å². The van der Waals surface area contributed by atoms with Crippen molar-refractivity contribution in [3.8, 4) is 22.8 Å². The smallest absolute Gasteiger partial charge is 0.275 e. The van der Waals surface area contributed by atoms with Crippen molar-refractivity contribution < 1.29 is 23.9 Å². The van der Waals surface area contributed by atoms with E-state index < -0.39 is 6.10 Å². The van der Waals surface area contributed by atoms with Crippen molar-refractivity contribution in [1.82, 2.24) is 10.1 Å². The standard InChI is InChI=1S/C21H22N2O5/c1-23(13-17(24)15-9-10-18(26-2)20(11-15)27-3)21(25)16-12-19(28-22-16)14-7-5-4-6-8-14/h4-12,17,24H,13H2,1-3H3. The maximum atomic E-state index is 12.6. The molecule has 1 aromatic heterocycles. The number of amides is 1. The van der Waals surface area contributed by atoms with Gasteiger partial charge in [-0.05, 0) is 17.7 Å². The average Bonchev–Trinajstić information content (AvgIpc) is 3.23. The summed E-state index contributed by atoms with van der Waals surface area (Å²) in [5.41, 5.74) is 1.63. The van der Waals surface area contributed by atoms with E-state index in [0.29, 0.717) is 22.8 Å². The molecule has 3 rings (SSSR count). The first-order chi connectivity index (χ1) is 13.5. The molecule has 0 radical (unpaired) electrons. The van der Waals surface area contributed by atoms with Crippen molar-refractivity contribution >= 4 is 5.91 Å². The van der Waals surface area contributed by atoms with Crippen LogP contribution in [0.15, 0.2) is 59.1 Å². The van der Waals surface area contributed by atoms with Crippen LogP contribution in [-0.4, -0.2) is 48.9 Å². The highest BCUT2D eigenvalue weighted by atomic mass is 16.5. The average molecular weight is 382 g/mol. The van der Waals surface area contributed by atoms with Crippen LogP contribution in [0.2, 0.25) is 0 Å². The molecule has 0 saturated carbocycles. The number of carbonyl (C=O) groups excluding carboxylic acids is 1. The number of likely N-dealkylation sites (N-methyl/N-ethyl adjacent to an activating group) is 1. The van der Waals surface area contributed by atoms with E-state index in [1.807, 2.05) is 30.3 Å². The van der Waals surface area contributed by atoms with Crippen molar-refractivity contribution in [3.63, 3.8) is 0 Å². The molecule has 1 heterocycles. The highest BCUT2D eigenvalue weighted by Gasteiger charge is 2.21. The van der Waals surface area contributed by atoms with Crippen LogP contribution in [0.3, 0.4) is 0 Å². The third-order valence-electron chi connectivity index (χ3n) is 4.37. The highest BCUT2D eigenvalue weighted by molar-refractivity contribution is 5.93. The molecule has 3 aromatic rings. The van der Waals surface area contributed by atoms with Gasteiger partial charge in [0.25, 0.3) is 5.91 Å². The third kappa shape index (κ3) is 4.15. The largest absolute Gasteiger partial charge is 0.493 e. The minimum absolute atomic E-state index is 0.0852. The molecule has 0 spiro atoms. The molecule has 1 atom stereocenters. The predicted molar refractivity (Wildman–Crippen MR) is 103 cm³/mol. The molecule has 1 N–H and O–H groups in total. The second kappa shape index (κ2) is 8.58.